The van der Waals surface area contributed by atoms with Crippen LogP contribution in [0.4, 0.5) is 0 Å². The third-order valence-electron chi connectivity index (χ3n) is 2.84. The molecule has 1 aromatic rings. The molecule has 0 aromatic heterocycles. The van der Waals surface area contributed by atoms with E-state index in [1.54, 1.807) is 4.90 Å². The van der Waals surface area contributed by atoms with Gasteiger partial charge in [-0.3, -0.25) is 9.59 Å². The van der Waals surface area contributed by atoms with E-state index in [0.717, 1.165) is 4.90 Å². The first-order valence-electron chi connectivity index (χ1n) is 5.90. The van der Waals surface area contributed by atoms with Gasteiger partial charge < -0.3 is 10.2 Å². The summed E-state index contributed by atoms with van der Waals surface area (Å²) < 4.78 is 0. The summed E-state index contributed by atoms with van der Waals surface area (Å²) in [6, 6.07) is 7.99. The average molecular weight is 264 g/mol. The van der Waals surface area contributed by atoms with Gasteiger partial charge in [0.1, 0.15) is 0 Å². The lowest BCUT2D eigenvalue weighted by Crippen LogP contribution is -2.50. The molecular weight excluding hydrogens is 248 g/mol. The SMILES string of the molecule is Cc1ccccc1SCC(=O)N1CCNC(=O)C1. The summed E-state index contributed by atoms with van der Waals surface area (Å²) in [7, 11) is 0. The zero-order valence-corrected chi connectivity index (χ0v) is 11.1. The Hall–Kier alpha value is -1.49. The molecule has 2 rings (SSSR count). The van der Waals surface area contributed by atoms with E-state index in [-0.39, 0.29) is 18.4 Å². The van der Waals surface area contributed by atoms with Crippen molar-refractivity contribution in [1.29, 1.82) is 0 Å². The summed E-state index contributed by atoms with van der Waals surface area (Å²) in [6.07, 6.45) is 0. The standard InChI is InChI=1S/C13H16N2O2S/c1-10-4-2-3-5-11(10)18-9-13(17)15-7-6-14-12(16)8-15/h2-5H,6-9H2,1H3,(H,14,16). The molecule has 0 aliphatic carbocycles. The van der Waals surface area contributed by atoms with Crippen LogP contribution in [0.3, 0.4) is 0 Å². The number of nitrogens with one attached hydrogen (secondary N) is 1. The van der Waals surface area contributed by atoms with Gasteiger partial charge in [0.25, 0.3) is 0 Å². The molecular formula is C13H16N2O2S. The molecule has 0 radical (unpaired) electrons. The first-order valence-corrected chi connectivity index (χ1v) is 6.88. The maximum atomic E-state index is 12.0. The van der Waals surface area contributed by atoms with Gasteiger partial charge in [-0.1, -0.05) is 18.2 Å². The van der Waals surface area contributed by atoms with E-state index >= 15 is 0 Å². The highest BCUT2D eigenvalue weighted by Gasteiger charge is 2.20. The first kappa shape index (κ1) is 13.0. The second kappa shape index (κ2) is 5.91. The van der Waals surface area contributed by atoms with Gasteiger partial charge in [-0.15, -0.1) is 11.8 Å². The molecule has 1 saturated heterocycles. The quantitative estimate of drug-likeness (QED) is 0.830. The molecule has 1 aromatic carbocycles. The molecule has 0 bridgehead atoms. The van der Waals surface area contributed by atoms with Crippen molar-refractivity contribution in [3.05, 3.63) is 29.8 Å². The van der Waals surface area contributed by atoms with Gasteiger partial charge in [0.05, 0.1) is 12.3 Å². The highest BCUT2D eigenvalue weighted by molar-refractivity contribution is 8.00. The van der Waals surface area contributed by atoms with Crippen LogP contribution in [0.2, 0.25) is 0 Å². The van der Waals surface area contributed by atoms with Crippen LogP contribution < -0.4 is 5.32 Å². The lowest BCUT2D eigenvalue weighted by atomic mass is 10.2. The van der Waals surface area contributed by atoms with Crippen LogP contribution in [0.15, 0.2) is 29.2 Å². The normalized spacial score (nSPS) is 15.4. The van der Waals surface area contributed by atoms with E-state index in [4.69, 9.17) is 0 Å². The average Bonchev–Trinajstić information content (AvgIpc) is 2.37. The van der Waals surface area contributed by atoms with Crippen molar-refractivity contribution < 1.29 is 9.59 Å². The number of nitrogens with zero attached hydrogens (tertiary/aromatic N) is 1. The Morgan fingerprint density at radius 2 is 2.22 bits per heavy atom. The summed E-state index contributed by atoms with van der Waals surface area (Å²) >= 11 is 1.53. The zero-order valence-electron chi connectivity index (χ0n) is 10.3. The van der Waals surface area contributed by atoms with Crippen molar-refractivity contribution in [2.45, 2.75) is 11.8 Å². The largest absolute Gasteiger partial charge is 0.353 e. The Bertz CT molecular complexity index is 462. The number of hydrogen-bond acceptors (Lipinski definition) is 3. The zero-order chi connectivity index (χ0) is 13.0. The van der Waals surface area contributed by atoms with E-state index in [9.17, 15) is 9.59 Å². The van der Waals surface area contributed by atoms with Gasteiger partial charge in [0.2, 0.25) is 11.8 Å². The number of carbonyl (C=O) groups excluding carboxylic acids is 2. The highest BCUT2D eigenvalue weighted by atomic mass is 32.2. The van der Waals surface area contributed by atoms with E-state index in [0.29, 0.717) is 18.8 Å². The van der Waals surface area contributed by atoms with Crippen LogP contribution in [0, 0.1) is 6.92 Å². The molecule has 18 heavy (non-hydrogen) atoms. The molecule has 1 heterocycles. The van der Waals surface area contributed by atoms with Gasteiger partial charge in [-0.25, -0.2) is 0 Å². The number of carbonyl (C=O) groups is 2. The van der Waals surface area contributed by atoms with E-state index < -0.39 is 0 Å². The number of amides is 2. The Balaban J connectivity index is 1.88. The third kappa shape index (κ3) is 3.26. The molecule has 1 fully saturated rings. The first-order chi connectivity index (χ1) is 8.66. The Labute approximate surface area is 111 Å². The number of hydrogen-bond donors (Lipinski definition) is 1. The van der Waals surface area contributed by atoms with Crippen molar-refractivity contribution in [2.75, 3.05) is 25.4 Å². The number of thioether (sulfide) groups is 1. The van der Waals surface area contributed by atoms with Crippen LogP contribution in [-0.2, 0) is 9.59 Å². The number of aryl methyl sites for hydroxylation is 1. The van der Waals surface area contributed by atoms with Crippen LogP contribution in [0.1, 0.15) is 5.56 Å². The predicted octanol–water partition coefficient (Wildman–Crippen LogP) is 1.05. The monoisotopic (exact) mass is 264 g/mol. The fraction of sp³-hybridized carbons (Fsp3) is 0.385. The fourth-order valence-corrected chi connectivity index (χ4v) is 2.73. The van der Waals surface area contributed by atoms with Crippen molar-refractivity contribution in [3.63, 3.8) is 0 Å². The molecule has 0 saturated carbocycles. The summed E-state index contributed by atoms with van der Waals surface area (Å²) in [4.78, 5) is 25.9. The van der Waals surface area contributed by atoms with Crippen LogP contribution in [0.25, 0.3) is 0 Å². The molecule has 1 aliphatic heterocycles. The Morgan fingerprint density at radius 1 is 1.44 bits per heavy atom. The summed E-state index contributed by atoms with van der Waals surface area (Å²) in [5, 5.41) is 2.71. The fourth-order valence-electron chi connectivity index (χ4n) is 1.80. The van der Waals surface area contributed by atoms with Gasteiger partial charge >= 0.3 is 0 Å². The summed E-state index contributed by atoms with van der Waals surface area (Å²) in [6.45, 7) is 3.38. The lowest BCUT2D eigenvalue weighted by molar-refractivity contribution is -0.136. The topological polar surface area (TPSA) is 49.4 Å². The predicted molar refractivity (Wildman–Crippen MR) is 71.5 cm³/mol. The molecule has 0 unspecified atom stereocenters. The summed E-state index contributed by atoms with van der Waals surface area (Å²) in [5.74, 6) is 0.339. The number of piperazine rings is 1. The Morgan fingerprint density at radius 3 is 2.94 bits per heavy atom. The van der Waals surface area contributed by atoms with E-state index in [1.807, 2.05) is 31.2 Å². The minimum atomic E-state index is -0.0736. The molecule has 4 nitrogen and oxygen atoms in total. The Kier molecular flexibility index (Phi) is 4.25. The maximum absolute atomic E-state index is 12.0. The van der Waals surface area contributed by atoms with Crippen LogP contribution in [-0.4, -0.2) is 42.1 Å². The maximum Gasteiger partial charge on any atom is 0.239 e. The van der Waals surface area contributed by atoms with Gasteiger partial charge in [0, 0.05) is 18.0 Å². The molecule has 0 atom stereocenters. The van der Waals surface area contributed by atoms with Crippen molar-refractivity contribution in [1.82, 2.24) is 10.2 Å². The second-order valence-corrected chi connectivity index (χ2v) is 5.24. The third-order valence-corrected chi connectivity index (χ3v) is 4.00. The van der Waals surface area contributed by atoms with Gasteiger partial charge in [-0.05, 0) is 18.6 Å². The van der Waals surface area contributed by atoms with Crippen molar-refractivity contribution in [2.24, 2.45) is 0 Å². The molecule has 5 heteroatoms. The smallest absolute Gasteiger partial charge is 0.239 e. The minimum absolute atomic E-state index is 0.0260. The van der Waals surface area contributed by atoms with Gasteiger partial charge in [0.15, 0.2) is 0 Å². The number of benzene rings is 1. The van der Waals surface area contributed by atoms with E-state index in [2.05, 4.69) is 5.32 Å². The molecule has 1 aliphatic rings. The lowest BCUT2D eigenvalue weighted by Gasteiger charge is -2.26. The number of rotatable bonds is 3. The van der Waals surface area contributed by atoms with Crippen molar-refractivity contribution >= 4 is 23.6 Å². The van der Waals surface area contributed by atoms with Crippen molar-refractivity contribution in [3.8, 4) is 0 Å². The molecule has 96 valence electrons. The second-order valence-electron chi connectivity index (χ2n) is 4.22. The summed E-state index contributed by atoms with van der Waals surface area (Å²) in [5.41, 5.74) is 1.17. The molecule has 0 spiro atoms. The van der Waals surface area contributed by atoms with Crippen LogP contribution in [0.5, 0.6) is 0 Å². The molecule has 1 N–H and O–H groups in total. The van der Waals surface area contributed by atoms with Gasteiger partial charge in [-0.2, -0.15) is 0 Å². The minimum Gasteiger partial charge on any atom is -0.353 e. The highest BCUT2D eigenvalue weighted by Crippen LogP contribution is 2.22. The molecule has 2 amide bonds. The van der Waals surface area contributed by atoms with Crippen LogP contribution >= 0.6 is 11.8 Å². The van der Waals surface area contributed by atoms with E-state index in [1.165, 1.54) is 17.3 Å².